The maximum absolute atomic E-state index is 14.0. The van der Waals surface area contributed by atoms with Gasteiger partial charge in [-0.1, -0.05) is 48.2 Å². The van der Waals surface area contributed by atoms with Gasteiger partial charge in [0.25, 0.3) is 5.69 Å². The summed E-state index contributed by atoms with van der Waals surface area (Å²) in [5.74, 6) is -0.451. The number of carbonyl (C=O) groups is 1. The molecule has 2 aromatic carbocycles. The van der Waals surface area contributed by atoms with Crippen molar-refractivity contribution in [2.24, 2.45) is 0 Å². The zero-order chi connectivity index (χ0) is 27.0. The molecule has 0 aliphatic carbocycles. The van der Waals surface area contributed by atoms with Gasteiger partial charge in [-0.3, -0.25) is 14.9 Å². The molecular formula is C27H23Cl2N3O5S. The molecule has 11 heteroatoms. The van der Waals surface area contributed by atoms with E-state index < -0.39 is 20.7 Å². The second-order valence-electron chi connectivity index (χ2n) is 9.12. The molecule has 0 N–H and O–H groups in total. The topological polar surface area (TPSA) is 102 Å². The number of nitro groups is 1. The molecule has 4 aromatic rings. The van der Waals surface area contributed by atoms with Gasteiger partial charge in [-0.25, -0.2) is 8.42 Å². The van der Waals surface area contributed by atoms with Crippen LogP contribution in [0.5, 0.6) is 0 Å². The van der Waals surface area contributed by atoms with Crippen LogP contribution < -0.4 is 0 Å². The van der Waals surface area contributed by atoms with Gasteiger partial charge in [0.15, 0.2) is 0 Å². The number of aromatic nitrogens is 1. The number of benzene rings is 2. The fraction of sp³-hybridized carbons (Fsp3) is 0.222. The van der Waals surface area contributed by atoms with Crippen LogP contribution in [0, 0.1) is 10.1 Å². The van der Waals surface area contributed by atoms with Crippen molar-refractivity contribution in [1.82, 2.24) is 8.71 Å². The van der Waals surface area contributed by atoms with Crippen LogP contribution in [-0.2, 0) is 10.0 Å². The van der Waals surface area contributed by atoms with E-state index in [0.29, 0.717) is 29.7 Å². The maximum atomic E-state index is 14.0. The first-order valence-corrected chi connectivity index (χ1v) is 14.3. The number of hydrogen-bond acceptors (Lipinski definition) is 5. The lowest BCUT2D eigenvalue weighted by Gasteiger charge is -2.21. The van der Waals surface area contributed by atoms with Crippen LogP contribution in [0.4, 0.5) is 5.69 Å². The predicted octanol–water partition coefficient (Wildman–Crippen LogP) is 6.62. The maximum Gasteiger partial charge on any atom is 0.288 e. The molecule has 0 bridgehead atoms. The number of fused-ring (bicyclic) bond motifs is 1. The van der Waals surface area contributed by atoms with E-state index in [1.54, 1.807) is 28.8 Å². The highest BCUT2D eigenvalue weighted by molar-refractivity contribution is 7.89. The number of halogens is 2. The normalized spacial score (nSPS) is 14.9. The average molecular weight is 572 g/mol. The van der Waals surface area contributed by atoms with Gasteiger partial charge < -0.3 is 4.40 Å². The summed E-state index contributed by atoms with van der Waals surface area (Å²) in [7, 11) is -3.91. The summed E-state index contributed by atoms with van der Waals surface area (Å²) in [5, 5.41) is 11.5. The standard InChI is InChI=1S/C27H23Cl2N3O5S/c28-22-10-8-18(15-24(22)32(34)35)21-17-20-7-3-6-14-31(20)26(21)27(33)19-9-11-23(29)25(16-19)38(36,37)30-12-4-1-2-5-13-30/h3,6-11,14-17H,1-2,4-5,12-13H2. The van der Waals surface area contributed by atoms with Crippen LogP contribution in [0.1, 0.15) is 41.7 Å². The minimum Gasteiger partial charge on any atom is -0.313 e. The third-order valence-corrected chi connectivity index (χ3v) is 9.42. The Hall–Kier alpha value is -3.24. The van der Waals surface area contributed by atoms with Crippen molar-refractivity contribution >= 4 is 50.2 Å². The van der Waals surface area contributed by atoms with E-state index >= 15 is 0 Å². The van der Waals surface area contributed by atoms with Crippen LogP contribution in [0.25, 0.3) is 16.6 Å². The number of hydrogen-bond donors (Lipinski definition) is 0. The summed E-state index contributed by atoms with van der Waals surface area (Å²) in [4.78, 5) is 24.8. The van der Waals surface area contributed by atoms with Gasteiger partial charge in [-0.2, -0.15) is 4.31 Å². The van der Waals surface area contributed by atoms with Gasteiger partial charge in [-0.15, -0.1) is 0 Å². The molecule has 0 unspecified atom stereocenters. The zero-order valence-electron chi connectivity index (χ0n) is 20.1. The quantitative estimate of drug-likeness (QED) is 0.147. The Balaban J connectivity index is 1.64. The third kappa shape index (κ3) is 4.82. The largest absolute Gasteiger partial charge is 0.313 e. The summed E-state index contributed by atoms with van der Waals surface area (Å²) < 4.78 is 30.1. The van der Waals surface area contributed by atoms with Gasteiger partial charge in [0.2, 0.25) is 15.8 Å². The molecule has 0 amide bonds. The number of nitrogens with zero attached hydrogens (tertiary/aromatic N) is 3. The second-order valence-corrected chi connectivity index (χ2v) is 11.8. The summed E-state index contributed by atoms with van der Waals surface area (Å²) in [6.45, 7) is 0.805. The molecule has 3 heterocycles. The molecule has 8 nitrogen and oxygen atoms in total. The Morgan fingerprint density at radius 2 is 1.61 bits per heavy atom. The molecule has 0 radical (unpaired) electrons. The number of sulfonamides is 1. The molecule has 2 aromatic heterocycles. The van der Waals surface area contributed by atoms with Crippen LogP contribution in [0.15, 0.2) is 71.8 Å². The number of carbonyl (C=O) groups excluding carboxylic acids is 1. The Kier molecular flexibility index (Phi) is 7.28. The Bertz CT molecular complexity index is 1680. The smallest absolute Gasteiger partial charge is 0.288 e. The monoisotopic (exact) mass is 571 g/mol. The van der Waals surface area contributed by atoms with Crippen molar-refractivity contribution in [2.75, 3.05) is 13.1 Å². The van der Waals surface area contributed by atoms with Crippen molar-refractivity contribution in [1.29, 1.82) is 0 Å². The molecule has 38 heavy (non-hydrogen) atoms. The summed E-state index contributed by atoms with van der Waals surface area (Å²) in [6.07, 6.45) is 5.17. The van der Waals surface area contributed by atoms with Gasteiger partial charge in [-0.05, 0) is 60.9 Å². The van der Waals surface area contributed by atoms with Crippen LogP contribution >= 0.6 is 23.2 Å². The lowest BCUT2D eigenvalue weighted by atomic mass is 10.00. The first-order valence-electron chi connectivity index (χ1n) is 12.1. The molecule has 0 spiro atoms. The summed E-state index contributed by atoms with van der Waals surface area (Å²) in [6, 6.07) is 15.7. The molecule has 5 rings (SSSR count). The van der Waals surface area contributed by atoms with Crippen LogP contribution in [-0.4, -0.2) is 40.9 Å². The number of nitro benzene ring substituents is 1. The molecule has 0 atom stereocenters. The lowest BCUT2D eigenvalue weighted by molar-refractivity contribution is -0.384. The molecule has 0 saturated carbocycles. The Morgan fingerprint density at radius 1 is 0.895 bits per heavy atom. The van der Waals surface area contributed by atoms with E-state index in [2.05, 4.69) is 0 Å². The Morgan fingerprint density at radius 3 is 2.32 bits per heavy atom. The minimum atomic E-state index is -3.91. The minimum absolute atomic E-state index is 0.0172. The van der Waals surface area contributed by atoms with Gasteiger partial charge >= 0.3 is 0 Å². The number of rotatable bonds is 6. The summed E-state index contributed by atoms with van der Waals surface area (Å²) >= 11 is 12.4. The van der Waals surface area contributed by atoms with Crippen molar-refractivity contribution in [3.05, 3.63) is 98.3 Å². The fourth-order valence-corrected chi connectivity index (χ4v) is 7.00. The summed E-state index contributed by atoms with van der Waals surface area (Å²) in [5.41, 5.74) is 1.66. The van der Waals surface area contributed by atoms with Crippen LogP contribution in [0.3, 0.4) is 0 Å². The van der Waals surface area contributed by atoms with Crippen LogP contribution in [0.2, 0.25) is 10.0 Å². The number of pyridine rings is 1. The van der Waals surface area contributed by atoms with Crippen molar-refractivity contribution in [3.8, 4) is 11.1 Å². The van der Waals surface area contributed by atoms with E-state index in [-0.39, 0.29) is 31.9 Å². The SMILES string of the molecule is O=C(c1ccc(Cl)c(S(=O)(=O)N2CCCCCC2)c1)c1c(-c2ccc(Cl)c([N+](=O)[O-])c2)cc2ccccn12. The molecule has 196 valence electrons. The highest BCUT2D eigenvalue weighted by atomic mass is 35.5. The third-order valence-electron chi connectivity index (χ3n) is 6.72. The number of ketones is 1. The van der Waals surface area contributed by atoms with Crippen molar-refractivity contribution in [2.45, 2.75) is 30.6 Å². The van der Waals surface area contributed by atoms with Crippen molar-refractivity contribution < 1.29 is 18.1 Å². The highest BCUT2D eigenvalue weighted by Gasteiger charge is 2.29. The first-order chi connectivity index (χ1) is 18.2. The molecule has 1 aliphatic heterocycles. The molecular weight excluding hydrogens is 549 g/mol. The lowest BCUT2D eigenvalue weighted by Crippen LogP contribution is -2.32. The van der Waals surface area contributed by atoms with Gasteiger partial charge in [0.1, 0.15) is 15.6 Å². The Labute approximate surface area is 229 Å². The van der Waals surface area contributed by atoms with Gasteiger partial charge in [0.05, 0.1) is 9.95 Å². The molecule has 1 fully saturated rings. The molecule has 1 saturated heterocycles. The van der Waals surface area contributed by atoms with E-state index in [9.17, 15) is 23.3 Å². The fourth-order valence-electron chi connectivity index (χ4n) is 4.80. The molecule has 1 aliphatic rings. The van der Waals surface area contributed by atoms with Gasteiger partial charge in [0, 0.05) is 42.0 Å². The zero-order valence-corrected chi connectivity index (χ0v) is 22.5. The second kappa shape index (κ2) is 10.5. The van der Waals surface area contributed by atoms with E-state index in [1.807, 2.05) is 12.1 Å². The van der Waals surface area contributed by atoms with E-state index in [0.717, 1.165) is 25.7 Å². The average Bonchev–Trinajstić information content (AvgIpc) is 3.06. The highest BCUT2D eigenvalue weighted by Crippen LogP contribution is 2.36. The van der Waals surface area contributed by atoms with Crippen molar-refractivity contribution in [3.63, 3.8) is 0 Å². The van der Waals surface area contributed by atoms with E-state index in [1.165, 1.54) is 34.6 Å². The first kappa shape index (κ1) is 26.4. The predicted molar refractivity (Wildman–Crippen MR) is 147 cm³/mol. The van der Waals surface area contributed by atoms with E-state index in [4.69, 9.17) is 23.2 Å².